The molecule has 2 amide bonds. The number of amides is 2. The van der Waals surface area contributed by atoms with E-state index < -0.39 is 0 Å². The Morgan fingerprint density at radius 3 is 2.22 bits per heavy atom. The van der Waals surface area contributed by atoms with Gasteiger partial charge in [0.1, 0.15) is 5.75 Å². The fraction of sp³-hybridized carbons (Fsp3) is 0.172. The molecular formula is C29H26ClN3O3. The summed E-state index contributed by atoms with van der Waals surface area (Å²) in [6, 6.07) is 28.5. The Morgan fingerprint density at radius 2 is 1.50 bits per heavy atom. The zero-order valence-corrected chi connectivity index (χ0v) is 20.4. The molecule has 4 aromatic carbocycles. The van der Waals surface area contributed by atoms with E-state index >= 15 is 0 Å². The van der Waals surface area contributed by atoms with Crippen molar-refractivity contribution < 1.29 is 14.3 Å². The SMILES string of the molecule is O=C(COc1ccc2ccccc2c1)Nc1ccc(N2CCN(C(=O)c3ccc(Cl)cc3)CC2)cc1. The molecule has 5 rings (SSSR count). The number of carbonyl (C=O) groups excluding carboxylic acids is 2. The first kappa shape index (κ1) is 23.7. The van der Waals surface area contributed by atoms with Crippen molar-refractivity contribution in [2.24, 2.45) is 0 Å². The van der Waals surface area contributed by atoms with Crippen LogP contribution in [0.2, 0.25) is 5.02 Å². The van der Waals surface area contributed by atoms with E-state index in [1.165, 1.54) is 0 Å². The monoisotopic (exact) mass is 499 g/mol. The van der Waals surface area contributed by atoms with E-state index in [0.717, 1.165) is 29.5 Å². The summed E-state index contributed by atoms with van der Waals surface area (Å²) < 4.78 is 5.68. The number of fused-ring (bicyclic) bond motifs is 1. The summed E-state index contributed by atoms with van der Waals surface area (Å²) in [4.78, 5) is 29.2. The summed E-state index contributed by atoms with van der Waals surface area (Å²) >= 11 is 5.93. The molecule has 0 unspecified atom stereocenters. The minimum Gasteiger partial charge on any atom is -0.484 e. The predicted molar refractivity (Wildman–Crippen MR) is 144 cm³/mol. The molecule has 7 heteroatoms. The van der Waals surface area contributed by atoms with Crippen LogP contribution in [0.25, 0.3) is 10.8 Å². The maximum Gasteiger partial charge on any atom is 0.262 e. The Balaban J connectivity index is 1.10. The van der Waals surface area contributed by atoms with Crippen LogP contribution >= 0.6 is 11.6 Å². The summed E-state index contributed by atoms with van der Waals surface area (Å²) in [5.41, 5.74) is 2.42. The Labute approximate surface area is 215 Å². The highest BCUT2D eigenvalue weighted by Gasteiger charge is 2.22. The second-order valence-corrected chi connectivity index (χ2v) is 9.12. The molecular weight excluding hydrogens is 474 g/mol. The van der Waals surface area contributed by atoms with Crippen LogP contribution in [0.3, 0.4) is 0 Å². The van der Waals surface area contributed by atoms with Crippen molar-refractivity contribution >= 4 is 45.6 Å². The highest BCUT2D eigenvalue weighted by atomic mass is 35.5. The third-order valence-corrected chi connectivity index (χ3v) is 6.52. The van der Waals surface area contributed by atoms with Gasteiger partial charge in [0.05, 0.1) is 0 Å². The molecule has 1 aliphatic heterocycles. The molecule has 0 spiro atoms. The van der Waals surface area contributed by atoms with E-state index in [9.17, 15) is 9.59 Å². The van der Waals surface area contributed by atoms with Crippen LogP contribution in [0, 0.1) is 0 Å². The van der Waals surface area contributed by atoms with Gasteiger partial charge in [0.15, 0.2) is 6.61 Å². The molecule has 0 radical (unpaired) electrons. The highest BCUT2D eigenvalue weighted by molar-refractivity contribution is 6.30. The van der Waals surface area contributed by atoms with Gasteiger partial charge in [0.2, 0.25) is 0 Å². The number of anilines is 2. The molecule has 0 bridgehead atoms. The van der Waals surface area contributed by atoms with Crippen LogP contribution in [0.5, 0.6) is 5.75 Å². The molecule has 0 atom stereocenters. The molecule has 1 fully saturated rings. The zero-order valence-electron chi connectivity index (χ0n) is 19.7. The smallest absolute Gasteiger partial charge is 0.262 e. The summed E-state index contributed by atoms with van der Waals surface area (Å²) in [6.45, 7) is 2.71. The van der Waals surface area contributed by atoms with Crippen molar-refractivity contribution in [3.05, 3.63) is 102 Å². The Kier molecular flexibility index (Phi) is 7.05. The van der Waals surface area contributed by atoms with Crippen molar-refractivity contribution in [2.75, 3.05) is 43.0 Å². The molecule has 1 saturated heterocycles. The second-order valence-electron chi connectivity index (χ2n) is 8.68. The van der Waals surface area contributed by atoms with Gasteiger partial charge in [-0.2, -0.15) is 0 Å². The lowest BCUT2D eigenvalue weighted by Gasteiger charge is -2.36. The first-order valence-electron chi connectivity index (χ1n) is 11.9. The van der Waals surface area contributed by atoms with Crippen LogP contribution in [0.4, 0.5) is 11.4 Å². The summed E-state index contributed by atoms with van der Waals surface area (Å²) in [6.07, 6.45) is 0. The van der Waals surface area contributed by atoms with Crippen molar-refractivity contribution in [1.82, 2.24) is 4.90 Å². The fourth-order valence-corrected chi connectivity index (χ4v) is 4.43. The highest BCUT2D eigenvalue weighted by Crippen LogP contribution is 2.22. The van der Waals surface area contributed by atoms with Gasteiger partial charge in [0.25, 0.3) is 11.8 Å². The molecule has 1 N–H and O–H groups in total. The van der Waals surface area contributed by atoms with Crippen LogP contribution in [0.1, 0.15) is 10.4 Å². The average Bonchev–Trinajstić information content (AvgIpc) is 2.92. The lowest BCUT2D eigenvalue weighted by molar-refractivity contribution is -0.118. The van der Waals surface area contributed by atoms with Crippen LogP contribution in [-0.4, -0.2) is 49.5 Å². The Hall–Kier alpha value is -4.03. The lowest BCUT2D eigenvalue weighted by Crippen LogP contribution is -2.48. The first-order chi connectivity index (χ1) is 17.5. The minimum atomic E-state index is -0.217. The maximum absolute atomic E-state index is 12.7. The van der Waals surface area contributed by atoms with Crippen molar-refractivity contribution in [2.45, 2.75) is 0 Å². The second kappa shape index (κ2) is 10.7. The van der Waals surface area contributed by atoms with E-state index in [0.29, 0.717) is 35.1 Å². The van der Waals surface area contributed by atoms with E-state index in [2.05, 4.69) is 10.2 Å². The van der Waals surface area contributed by atoms with Crippen LogP contribution in [-0.2, 0) is 4.79 Å². The van der Waals surface area contributed by atoms with Gasteiger partial charge < -0.3 is 19.9 Å². The molecule has 6 nitrogen and oxygen atoms in total. The van der Waals surface area contributed by atoms with Gasteiger partial charge >= 0.3 is 0 Å². The molecule has 0 aromatic heterocycles. The van der Waals surface area contributed by atoms with Crippen LogP contribution in [0.15, 0.2) is 91.0 Å². The van der Waals surface area contributed by atoms with E-state index in [4.69, 9.17) is 16.3 Å². The molecule has 0 saturated carbocycles. The van der Waals surface area contributed by atoms with E-state index in [1.807, 2.05) is 71.6 Å². The molecule has 1 aliphatic rings. The normalized spacial score (nSPS) is 13.5. The zero-order chi connectivity index (χ0) is 24.9. The Bertz CT molecular complexity index is 1360. The number of carbonyl (C=O) groups is 2. The van der Waals surface area contributed by atoms with Crippen molar-refractivity contribution in [3.8, 4) is 5.75 Å². The number of hydrogen-bond donors (Lipinski definition) is 1. The standard InChI is InChI=1S/C29H26ClN3O3/c30-24-8-5-22(6-9-24)29(35)33-17-15-32(16-18-33)26-12-10-25(11-13-26)31-28(34)20-36-27-14-7-21-3-1-2-4-23(21)19-27/h1-14,19H,15-18,20H2,(H,31,34). The number of hydrogen-bond acceptors (Lipinski definition) is 4. The molecule has 0 aliphatic carbocycles. The number of ether oxygens (including phenoxy) is 1. The number of halogens is 1. The summed E-state index contributed by atoms with van der Waals surface area (Å²) in [7, 11) is 0. The quantitative estimate of drug-likeness (QED) is 0.382. The largest absolute Gasteiger partial charge is 0.484 e. The van der Waals surface area contributed by atoms with Gasteiger partial charge in [-0.1, -0.05) is 41.9 Å². The predicted octanol–water partition coefficient (Wildman–Crippen LogP) is 5.47. The lowest BCUT2D eigenvalue weighted by atomic mass is 10.1. The third kappa shape index (κ3) is 5.61. The molecule has 182 valence electrons. The van der Waals surface area contributed by atoms with Gasteiger partial charge in [0, 0.05) is 48.1 Å². The van der Waals surface area contributed by atoms with Crippen molar-refractivity contribution in [1.29, 1.82) is 0 Å². The topological polar surface area (TPSA) is 61.9 Å². The fourth-order valence-electron chi connectivity index (χ4n) is 4.30. The molecule has 36 heavy (non-hydrogen) atoms. The van der Waals surface area contributed by atoms with Crippen LogP contribution < -0.4 is 15.0 Å². The minimum absolute atomic E-state index is 0.0234. The maximum atomic E-state index is 12.7. The number of nitrogens with zero attached hydrogens (tertiary/aromatic N) is 2. The first-order valence-corrected chi connectivity index (χ1v) is 12.2. The molecule has 1 heterocycles. The van der Waals surface area contributed by atoms with Gasteiger partial charge in [-0.15, -0.1) is 0 Å². The number of piperazine rings is 1. The third-order valence-electron chi connectivity index (χ3n) is 6.27. The number of nitrogens with one attached hydrogen (secondary N) is 1. The summed E-state index contributed by atoms with van der Waals surface area (Å²) in [5.74, 6) is 0.466. The number of rotatable bonds is 6. The van der Waals surface area contributed by atoms with E-state index in [-0.39, 0.29) is 18.4 Å². The summed E-state index contributed by atoms with van der Waals surface area (Å²) in [5, 5.41) is 5.70. The molecule has 4 aromatic rings. The number of benzene rings is 4. The van der Waals surface area contributed by atoms with Gasteiger partial charge in [-0.25, -0.2) is 0 Å². The van der Waals surface area contributed by atoms with Gasteiger partial charge in [-0.3, -0.25) is 9.59 Å². The van der Waals surface area contributed by atoms with Gasteiger partial charge in [-0.05, 0) is 71.4 Å². The van der Waals surface area contributed by atoms with Crippen molar-refractivity contribution in [3.63, 3.8) is 0 Å². The Morgan fingerprint density at radius 1 is 0.806 bits per heavy atom. The van der Waals surface area contributed by atoms with E-state index in [1.54, 1.807) is 24.3 Å². The average molecular weight is 500 g/mol.